The molecule has 0 aromatic carbocycles. The van der Waals surface area contributed by atoms with Gasteiger partial charge in [0.15, 0.2) is 0 Å². The van der Waals surface area contributed by atoms with Crippen LogP contribution in [0.3, 0.4) is 0 Å². The predicted molar refractivity (Wildman–Crippen MR) is 143 cm³/mol. The number of hydrogen-bond acceptors (Lipinski definition) is 8. The van der Waals surface area contributed by atoms with Crippen LogP contribution in [0.25, 0.3) is 0 Å². The molecule has 0 spiro atoms. The first-order chi connectivity index (χ1) is 18.2. The lowest BCUT2D eigenvalue weighted by molar-refractivity contribution is -0.128. The molecule has 3 fully saturated rings. The van der Waals surface area contributed by atoms with Gasteiger partial charge in [0, 0.05) is 32.0 Å². The van der Waals surface area contributed by atoms with E-state index < -0.39 is 27.8 Å². The molecule has 3 aliphatic rings. The molecule has 1 N–H and O–H groups in total. The number of halogens is 1. The molecule has 1 aromatic heterocycles. The van der Waals surface area contributed by atoms with Gasteiger partial charge in [-0.15, -0.1) is 0 Å². The number of piperidine rings is 1. The number of nitrogens with zero attached hydrogens (tertiary/aromatic N) is 3. The normalized spacial score (nSPS) is 19.6. The van der Waals surface area contributed by atoms with Gasteiger partial charge < -0.3 is 14.5 Å². The number of carbonyl (C=O) groups is 3. The molecule has 38 heavy (non-hydrogen) atoms. The molecular formula is C26H37ClN4O6S. The van der Waals surface area contributed by atoms with E-state index >= 15 is 0 Å². The van der Waals surface area contributed by atoms with Gasteiger partial charge in [-0.05, 0) is 51.0 Å². The summed E-state index contributed by atoms with van der Waals surface area (Å²) in [5, 5.41) is 0.280. The van der Waals surface area contributed by atoms with Crippen molar-refractivity contribution in [2.45, 2.75) is 71.3 Å². The number of hydrogen-bond donors (Lipinski definition) is 1. The van der Waals surface area contributed by atoms with Crippen molar-refractivity contribution >= 4 is 45.2 Å². The van der Waals surface area contributed by atoms with Gasteiger partial charge in [-0.25, -0.2) is 18.2 Å². The molecule has 0 atom stereocenters. The van der Waals surface area contributed by atoms with Crippen LogP contribution >= 0.6 is 11.6 Å². The molecule has 210 valence electrons. The largest absolute Gasteiger partial charge is 0.462 e. The van der Waals surface area contributed by atoms with Crippen molar-refractivity contribution < 1.29 is 27.5 Å². The Kier molecular flexibility index (Phi) is 9.51. The van der Waals surface area contributed by atoms with Gasteiger partial charge in [-0.3, -0.25) is 14.3 Å². The van der Waals surface area contributed by atoms with Crippen LogP contribution < -0.4 is 9.62 Å². The first-order valence-corrected chi connectivity index (χ1v) is 15.6. The van der Waals surface area contributed by atoms with Gasteiger partial charge in [0.2, 0.25) is 21.8 Å². The van der Waals surface area contributed by atoms with E-state index in [9.17, 15) is 22.8 Å². The number of amides is 2. The third kappa shape index (κ3) is 7.16. The molecule has 2 saturated heterocycles. The number of aromatic nitrogens is 1. The fourth-order valence-corrected chi connectivity index (χ4v) is 7.37. The van der Waals surface area contributed by atoms with E-state index in [2.05, 4.69) is 4.72 Å². The van der Waals surface area contributed by atoms with Gasteiger partial charge in [0.1, 0.15) is 5.82 Å². The number of nitrogens with one attached hydrogen (secondary N) is 1. The molecule has 0 unspecified atom stereocenters. The Morgan fingerprint density at radius 1 is 1.11 bits per heavy atom. The summed E-state index contributed by atoms with van der Waals surface area (Å²) in [6.45, 7) is 3.61. The van der Waals surface area contributed by atoms with E-state index in [1.165, 1.54) is 6.07 Å². The first-order valence-electron chi connectivity index (χ1n) is 13.6. The Labute approximate surface area is 229 Å². The number of ether oxygens (including phenoxy) is 1. The molecule has 1 aliphatic carbocycles. The second kappa shape index (κ2) is 12.6. The number of sulfonamides is 1. The van der Waals surface area contributed by atoms with E-state index in [1.807, 2.05) is 4.90 Å². The van der Waals surface area contributed by atoms with Crippen molar-refractivity contribution in [3.63, 3.8) is 0 Å². The zero-order valence-electron chi connectivity index (χ0n) is 21.9. The SMILES string of the molecule is CCOC(=O)c1cc(Cl)c(N2CCC(C(=O)NS(=O)(=O)CC3CCCCC3)CC2)nc1CN1CCCC1=O. The molecular weight excluding hydrogens is 532 g/mol. The smallest absolute Gasteiger partial charge is 0.340 e. The van der Waals surface area contributed by atoms with Gasteiger partial charge >= 0.3 is 5.97 Å². The van der Waals surface area contributed by atoms with E-state index in [0.29, 0.717) is 50.4 Å². The first kappa shape index (κ1) is 28.6. The molecule has 3 heterocycles. The molecule has 2 aliphatic heterocycles. The average molecular weight is 569 g/mol. The summed E-state index contributed by atoms with van der Waals surface area (Å²) in [4.78, 5) is 45.9. The third-order valence-corrected chi connectivity index (χ3v) is 9.35. The number of pyridine rings is 1. The molecule has 1 saturated carbocycles. The highest BCUT2D eigenvalue weighted by molar-refractivity contribution is 7.90. The Morgan fingerprint density at radius 3 is 2.45 bits per heavy atom. The van der Waals surface area contributed by atoms with Gasteiger partial charge in [-0.2, -0.15) is 0 Å². The fourth-order valence-electron chi connectivity index (χ4n) is 5.59. The maximum atomic E-state index is 12.8. The maximum absolute atomic E-state index is 12.8. The van der Waals surface area contributed by atoms with E-state index in [0.717, 1.165) is 38.5 Å². The van der Waals surface area contributed by atoms with Crippen molar-refractivity contribution in [3.05, 3.63) is 22.3 Å². The summed E-state index contributed by atoms with van der Waals surface area (Å²) >= 11 is 6.55. The van der Waals surface area contributed by atoms with Crippen LogP contribution in [-0.4, -0.2) is 68.1 Å². The van der Waals surface area contributed by atoms with Crippen molar-refractivity contribution in [2.75, 3.05) is 36.9 Å². The standard InChI is InChI=1S/C26H37ClN4O6S/c1-2-37-26(34)20-15-21(27)24(28-22(20)16-31-12-6-9-23(31)32)30-13-10-19(11-14-30)25(33)29-38(35,36)17-18-7-4-3-5-8-18/h15,18-19H,2-14,16-17H2,1H3,(H,29,33). The quantitative estimate of drug-likeness (QED) is 0.450. The number of likely N-dealkylation sites (tertiary alicyclic amines) is 1. The van der Waals surface area contributed by atoms with Crippen LogP contribution in [0, 0.1) is 11.8 Å². The van der Waals surface area contributed by atoms with Crippen molar-refractivity contribution in [1.82, 2.24) is 14.6 Å². The minimum atomic E-state index is -3.66. The van der Waals surface area contributed by atoms with Crippen LogP contribution in [-0.2, 0) is 30.9 Å². The summed E-state index contributed by atoms with van der Waals surface area (Å²) in [5.41, 5.74) is 0.657. The lowest BCUT2D eigenvalue weighted by atomic mass is 9.91. The molecule has 0 bridgehead atoms. The number of anilines is 1. The lowest BCUT2D eigenvalue weighted by Crippen LogP contribution is -2.44. The van der Waals surface area contributed by atoms with Gasteiger partial charge in [0.25, 0.3) is 0 Å². The zero-order chi connectivity index (χ0) is 27.3. The molecule has 4 rings (SSSR count). The van der Waals surface area contributed by atoms with Crippen molar-refractivity contribution in [3.8, 4) is 0 Å². The fraction of sp³-hybridized carbons (Fsp3) is 0.692. The Balaban J connectivity index is 1.41. The molecule has 10 nitrogen and oxygen atoms in total. The van der Waals surface area contributed by atoms with Crippen LogP contribution in [0.5, 0.6) is 0 Å². The zero-order valence-corrected chi connectivity index (χ0v) is 23.5. The highest BCUT2D eigenvalue weighted by Crippen LogP contribution is 2.31. The van der Waals surface area contributed by atoms with E-state index in [1.54, 1.807) is 11.8 Å². The third-order valence-electron chi connectivity index (χ3n) is 7.65. The van der Waals surface area contributed by atoms with E-state index in [-0.39, 0.29) is 41.3 Å². The van der Waals surface area contributed by atoms with Crippen molar-refractivity contribution in [2.24, 2.45) is 11.8 Å². The minimum Gasteiger partial charge on any atom is -0.462 e. The second-order valence-corrected chi connectivity index (χ2v) is 12.6. The molecule has 0 radical (unpaired) electrons. The monoisotopic (exact) mass is 568 g/mol. The Morgan fingerprint density at radius 2 is 1.82 bits per heavy atom. The Hall–Kier alpha value is -2.40. The highest BCUT2D eigenvalue weighted by atomic mass is 35.5. The predicted octanol–water partition coefficient (Wildman–Crippen LogP) is 3.28. The summed E-state index contributed by atoms with van der Waals surface area (Å²) in [7, 11) is -3.66. The summed E-state index contributed by atoms with van der Waals surface area (Å²) < 4.78 is 32.7. The second-order valence-electron chi connectivity index (χ2n) is 10.4. The van der Waals surface area contributed by atoms with Crippen LogP contribution in [0.1, 0.15) is 80.8 Å². The number of esters is 1. The van der Waals surface area contributed by atoms with Crippen LogP contribution in [0.4, 0.5) is 5.82 Å². The Bertz CT molecular complexity index is 1150. The van der Waals surface area contributed by atoms with Gasteiger partial charge in [-0.1, -0.05) is 30.9 Å². The molecule has 1 aromatic rings. The lowest BCUT2D eigenvalue weighted by Gasteiger charge is -2.33. The average Bonchev–Trinajstić information content (AvgIpc) is 3.29. The summed E-state index contributed by atoms with van der Waals surface area (Å²) in [5.74, 6) is -0.802. The molecule has 12 heteroatoms. The van der Waals surface area contributed by atoms with Crippen molar-refractivity contribution in [1.29, 1.82) is 0 Å². The minimum absolute atomic E-state index is 0.00618. The molecule has 2 amide bonds. The maximum Gasteiger partial charge on any atom is 0.340 e. The summed E-state index contributed by atoms with van der Waals surface area (Å²) in [6.07, 6.45) is 7.14. The van der Waals surface area contributed by atoms with Crippen LogP contribution in [0.2, 0.25) is 5.02 Å². The summed E-state index contributed by atoms with van der Waals surface area (Å²) in [6, 6.07) is 1.54. The van der Waals surface area contributed by atoms with Crippen LogP contribution in [0.15, 0.2) is 6.07 Å². The van der Waals surface area contributed by atoms with E-state index in [4.69, 9.17) is 21.3 Å². The topological polar surface area (TPSA) is 126 Å². The number of carbonyl (C=O) groups excluding carboxylic acids is 3. The highest BCUT2D eigenvalue weighted by Gasteiger charge is 2.32. The number of rotatable bonds is 9. The van der Waals surface area contributed by atoms with Gasteiger partial charge in [0.05, 0.1) is 35.2 Å².